The van der Waals surface area contributed by atoms with Crippen LogP contribution in [0.5, 0.6) is 23.0 Å². The molecule has 0 saturated heterocycles. The number of methoxy groups -OCH3 is 4. The Balaban J connectivity index is 2.23. The summed E-state index contributed by atoms with van der Waals surface area (Å²) in [5.41, 5.74) is -1.09. The number of ether oxygens (including phenoxy) is 5. The van der Waals surface area contributed by atoms with Crippen LogP contribution in [0, 0.1) is 10.1 Å². The normalized spacial score (nSPS) is 10.5. The molecule has 0 amide bonds. The summed E-state index contributed by atoms with van der Waals surface area (Å²) < 4.78 is 27.0. The fourth-order valence-electron chi connectivity index (χ4n) is 3.51. The van der Waals surface area contributed by atoms with E-state index in [0.717, 1.165) is 6.07 Å². The summed E-state index contributed by atoms with van der Waals surface area (Å²) in [6, 6.07) is 8.04. The third-order valence-electron chi connectivity index (χ3n) is 5.14. The van der Waals surface area contributed by atoms with E-state index in [9.17, 15) is 19.7 Å². The smallest absolute Gasteiger partial charge is 0.361 e. The molecule has 0 aliphatic rings. The molecule has 0 unspecified atom stereocenters. The number of nitrogens with zero attached hydrogens (tertiary/aromatic N) is 4. The van der Waals surface area contributed by atoms with Gasteiger partial charge in [-0.25, -0.2) is 9.48 Å². The molecule has 0 atom stereocenters. The van der Waals surface area contributed by atoms with Gasteiger partial charge in [0, 0.05) is 6.07 Å². The van der Waals surface area contributed by atoms with Crippen LogP contribution in [-0.2, 0) is 11.3 Å². The van der Waals surface area contributed by atoms with Gasteiger partial charge in [0.25, 0.3) is 0 Å². The van der Waals surface area contributed by atoms with Gasteiger partial charge in [-0.3, -0.25) is 14.9 Å². The number of esters is 1. The molecule has 0 bridgehead atoms. The van der Waals surface area contributed by atoms with Crippen molar-refractivity contribution >= 4 is 17.4 Å². The Labute approximate surface area is 205 Å². The van der Waals surface area contributed by atoms with E-state index in [4.69, 9.17) is 23.7 Å². The predicted molar refractivity (Wildman–Crippen MR) is 124 cm³/mol. The highest BCUT2D eigenvalue weighted by Crippen LogP contribution is 2.46. The number of ketones is 1. The van der Waals surface area contributed by atoms with E-state index in [-0.39, 0.29) is 36.1 Å². The van der Waals surface area contributed by atoms with Crippen LogP contribution in [0.1, 0.15) is 39.0 Å². The first-order valence-electron chi connectivity index (χ1n) is 10.6. The van der Waals surface area contributed by atoms with E-state index in [0.29, 0.717) is 11.3 Å². The van der Waals surface area contributed by atoms with Crippen molar-refractivity contribution in [2.45, 2.75) is 13.5 Å². The van der Waals surface area contributed by atoms with Crippen molar-refractivity contribution in [2.24, 2.45) is 0 Å². The maximum atomic E-state index is 13.8. The number of nitro benzene ring substituents is 1. The summed E-state index contributed by atoms with van der Waals surface area (Å²) in [5.74, 6) is -1.58. The molecule has 0 aliphatic heterocycles. The topological polar surface area (TPSA) is 154 Å². The lowest BCUT2D eigenvalue weighted by Gasteiger charge is -2.15. The molecule has 0 saturated carbocycles. The van der Waals surface area contributed by atoms with Crippen molar-refractivity contribution in [3.63, 3.8) is 0 Å². The summed E-state index contributed by atoms with van der Waals surface area (Å²) in [6.45, 7) is 1.63. The van der Waals surface area contributed by atoms with E-state index in [1.54, 1.807) is 31.2 Å². The van der Waals surface area contributed by atoms with Crippen LogP contribution in [0.2, 0.25) is 0 Å². The number of aromatic nitrogens is 3. The van der Waals surface area contributed by atoms with Crippen molar-refractivity contribution in [2.75, 3.05) is 35.0 Å². The van der Waals surface area contributed by atoms with Gasteiger partial charge in [0.1, 0.15) is 17.0 Å². The van der Waals surface area contributed by atoms with Gasteiger partial charge in [0.2, 0.25) is 23.0 Å². The van der Waals surface area contributed by atoms with Crippen molar-refractivity contribution in [1.29, 1.82) is 0 Å². The monoisotopic (exact) mass is 500 g/mol. The minimum atomic E-state index is -0.914. The van der Waals surface area contributed by atoms with Gasteiger partial charge in [-0.2, -0.15) is 0 Å². The van der Waals surface area contributed by atoms with Crippen molar-refractivity contribution in [1.82, 2.24) is 15.0 Å². The zero-order valence-electron chi connectivity index (χ0n) is 20.3. The van der Waals surface area contributed by atoms with Crippen LogP contribution < -0.4 is 18.9 Å². The summed E-state index contributed by atoms with van der Waals surface area (Å²) in [5, 5.41) is 19.8. The van der Waals surface area contributed by atoms with Crippen LogP contribution in [0.15, 0.2) is 30.3 Å². The SMILES string of the molecule is CCOC(=O)c1nnn(Cc2ccc(OC)cc2)c1C(=O)c1cc(OC)c(OC)c(OC)c1[N+](=O)[O-]. The van der Waals surface area contributed by atoms with E-state index in [1.807, 2.05) is 0 Å². The summed E-state index contributed by atoms with van der Waals surface area (Å²) in [4.78, 5) is 37.7. The Morgan fingerprint density at radius 2 is 1.67 bits per heavy atom. The standard InChI is InChI=1S/C23H24N4O9/c1-6-36-23(29)17-19(26(25-24-17)12-13-7-9-14(32-2)10-8-13)20(28)15-11-16(33-3)21(34-4)22(35-5)18(15)27(30)31/h7-11H,6,12H2,1-5H3. The molecule has 0 fully saturated rings. The lowest BCUT2D eigenvalue weighted by molar-refractivity contribution is -0.386. The minimum Gasteiger partial charge on any atom is -0.497 e. The zero-order valence-corrected chi connectivity index (χ0v) is 20.3. The summed E-state index contributed by atoms with van der Waals surface area (Å²) >= 11 is 0. The van der Waals surface area contributed by atoms with Crippen LogP contribution in [0.4, 0.5) is 5.69 Å². The molecule has 0 N–H and O–H groups in total. The van der Waals surface area contributed by atoms with Crippen LogP contribution in [-0.4, -0.2) is 66.7 Å². The first-order chi connectivity index (χ1) is 17.3. The first kappa shape index (κ1) is 25.9. The Kier molecular flexibility index (Phi) is 8.04. The molecule has 13 nitrogen and oxygen atoms in total. The molecular weight excluding hydrogens is 476 g/mol. The molecular formula is C23H24N4O9. The van der Waals surface area contributed by atoms with E-state index < -0.39 is 33.6 Å². The number of rotatable bonds is 11. The Morgan fingerprint density at radius 3 is 2.19 bits per heavy atom. The third-order valence-corrected chi connectivity index (χ3v) is 5.14. The molecule has 1 heterocycles. The van der Waals surface area contributed by atoms with Crippen LogP contribution >= 0.6 is 0 Å². The highest BCUT2D eigenvalue weighted by atomic mass is 16.6. The van der Waals surface area contributed by atoms with Crippen LogP contribution in [0.3, 0.4) is 0 Å². The Bertz CT molecular complexity index is 1290. The molecule has 0 radical (unpaired) electrons. The van der Waals surface area contributed by atoms with Crippen molar-refractivity contribution in [3.05, 3.63) is 63.0 Å². The number of carbonyl (C=O) groups is 2. The third kappa shape index (κ3) is 4.89. The molecule has 13 heteroatoms. The average molecular weight is 500 g/mol. The van der Waals surface area contributed by atoms with E-state index >= 15 is 0 Å². The van der Waals surface area contributed by atoms with Gasteiger partial charge in [-0.05, 0) is 24.6 Å². The number of hydrogen-bond acceptors (Lipinski definition) is 11. The number of hydrogen-bond donors (Lipinski definition) is 0. The lowest BCUT2D eigenvalue weighted by atomic mass is 10.0. The molecule has 0 spiro atoms. The van der Waals surface area contributed by atoms with Crippen molar-refractivity contribution < 1.29 is 38.2 Å². The van der Waals surface area contributed by atoms with Gasteiger partial charge in [-0.1, -0.05) is 17.3 Å². The second-order valence-corrected chi connectivity index (χ2v) is 7.14. The Morgan fingerprint density at radius 1 is 1.00 bits per heavy atom. The number of nitro groups is 1. The first-order valence-corrected chi connectivity index (χ1v) is 10.6. The summed E-state index contributed by atoms with van der Waals surface area (Å²) in [6.07, 6.45) is 0. The second kappa shape index (κ2) is 11.2. The zero-order chi connectivity index (χ0) is 26.4. The molecule has 1 aromatic heterocycles. The highest BCUT2D eigenvalue weighted by Gasteiger charge is 2.36. The van der Waals surface area contributed by atoms with Gasteiger partial charge in [-0.15, -0.1) is 5.10 Å². The number of benzene rings is 2. The Hall–Kier alpha value is -4.68. The lowest BCUT2D eigenvalue weighted by Crippen LogP contribution is -2.19. The maximum Gasteiger partial charge on any atom is 0.361 e. The van der Waals surface area contributed by atoms with Gasteiger partial charge in [0.05, 0.1) is 46.5 Å². The average Bonchev–Trinajstić information content (AvgIpc) is 3.30. The fraction of sp³-hybridized carbons (Fsp3) is 0.304. The molecule has 0 aliphatic carbocycles. The number of carbonyl (C=O) groups excluding carboxylic acids is 2. The molecule has 2 aromatic carbocycles. The van der Waals surface area contributed by atoms with Gasteiger partial charge in [0.15, 0.2) is 5.75 Å². The minimum absolute atomic E-state index is 0.00941. The predicted octanol–water partition coefficient (Wildman–Crippen LogP) is 2.68. The maximum absolute atomic E-state index is 13.8. The second-order valence-electron chi connectivity index (χ2n) is 7.14. The molecule has 3 rings (SSSR count). The molecule has 3 aromatic rings. The highest BCUT2D eigenvalue weighted by molar-refractivity contribution is 6.15. The van der Waals surface area contributed by atoms with Crippen molar-refractivity contribution in [3.8, 4) is 23.0 Å². The molecule has 36 heavy (non-hydrogen) atoms. The fourth-order valence-corrected chi connectivity index (χ4v) is 3.51. The molecule has 190 valence electrons. The van der Waals surface area contributed by atoms with Crippen LogP contribution in [0.25, 0.3) is 0 Å². The van der Waals surface area contributed by atoms with E-state index in [2.05, 4.69) is 10.3 Å². The van der Waals surface area contributed by atoms with Gasteiger partial charge >= 0.3 is 11.7 Å². The summed E-state index contributed by atoms with van der Waals surface area (Å²) in [7, 11) is 5.30. The largest absolute Gasteiger partial charge is 0.497 e. The van der Waals surface area contributed by atoms with E-state index in [1.165, 1.54) is 33.1 Å². The quantitative estimate of drug-likeness (QED) is 0.165. The van der Waals surface area contributed by atoms with Gasteiger partial charge < -0.3 is 23.7 Å².